The van der Waals surface area contributed by atoms with Crippen LogP contribution in [0.15, 0.2) is 0 Å². The summed E-state index contributed by atoms with van der Waals surface area (Å²) in [6.07, 6.45) is -4.21. The van der Waals surface area contributed by atoms with Crippen molar-refractivity contribution >= 4 is 39.2 Å². The first-order valence-corrected chi connectivity index (χ1v) is 9.49. The number of hydrogen-bond acceptors (Lipinski definition) is 7. The van der Waals surface area contributed by atoms with Gasteiger partial charge in [-0.15, -0.1) is 11.3 Å². The molecule has 0 bridgehead atoms. The zero-order valence-electron chi connectivity index (χ0n) is 15.5. The van der Waals surface area contributed by atoms with Crippen LogP contribution in [0.5, 0.6) is 0 Å². The van der Waals surface area contributed by atoms with Crippen molar-refractivity contribution in [2.75, 3.05) is 25.0 Å². The molecule has 1 aliphatic rings. The van der Waals surface area contributed by atoms with Gasteiger partial charge in [0.1, 0.15) is 33.9 Å². The lowest BCUT2D eigenvalue weighted by molar-refractivity contribution is -0.157. The third-order valence-corrected chi connectivity index (χ3v) is 5.51. The molecule has 1 atom stereocenters. The number of fused-ring (bicyclic) bond motifs is 1. The quantitative estimate of drug-likeness (QED) is 0.755. The van der Waals surface area contributed by atoms with E-state index in [1.807, 2.05) is 0 Å². The maximum absolute atomic E-state index is 12.6. The van der Waals surface area contributed by atoms with E-state index >= 15 is 0 Å². The highest BCUT2D eigenvalue weighted by Crippen LogP contribution is 2.35. The molecule has 11 heteroatoms. The van der Waals surface area contributed by atoms with Gasteiger partial charge >= 0.3 is 12.1 Å². The lowest BCUT2D eigenvalue weighted by atomic mass is 10.2. The number of esters is 1. The molecule has 0 saturated carbocycles. The number of thiophene rings is 1. The van der Waals surface area contributed by atoms with Crippen LogP contribution >= 0.6 is 11.3 Å². The molecule has 1 unspecified atom stereocenters. The number of hydrogen-bond donors (Lipinski definition) is 1. The van der Waals surface area contributed by atoms with Gasteiger partial charge in [-0.1, -0.05) is 0 Å². The molecule has 1 N–H and O–H groups in total. The molecule has 28 heavy (non-hydrogen) atoms. The Hall–Kier alpha value is -2.43. The van der Waals surface area contributed by atoms with Crippen molar-refractivity contribution in [3.05, 3.63) is 16.3 Å². The second-order valence-corrected chi connectivity index (χ2v) is 7.44. The second-order valence-electron chi connectivity index (χ2n) is 6.44. The summed E-state index contributed by atoms with van der Waals surface area (Å²) in [6, 6.07) is -0.815. The number of rotatable bonds is 5. The predicted molar refractivity (Wildman–Crippen MR) is 97.5 cm³/mol. The van der Waals surface area contributed by atoms with E-state index in [0.29, 0.717) is 32.3 Å². The summed E-state index contributed by atoms with van der Waals surface area (Å²) in [5.74, 6) is -0.344. The molecule has 0 radical (unpaired) electrons. The fraction of sp³-hybridized carbons (Fsp3) is 0.529. The van der Waals surface area contributed by atoms with E-state index in [2.05, 4.69) is 15.3 Å². The number of ether oxygens (including phenoxy) is 1. The van der Waals surface area contributed by atoms with Crippen LogP contribution in [-0.4, -0.2) is 58.7 Å². The summed E-state index contributed by atoms with van der Waals surface area (Å²) in [7, 11) is 0. The van der Waals surface area contributed by atoms with Crippen LogP contribution in [0, 0.1) is 13.8 Å². The van der Waals surface area contributed by atoms with Gasteiger partial charge in [0.25, 0.3) is 0 Å². The second kappa shape index (κ2) is 7.53. The van der Waals surface area contributed by atoms with E-state index < -0.39 is 30.6 Å². The minimum absolute atomic E-state index is 0.0138. The first-order valence-electron chi connectivity index (χ1n) is 8.67. The van der Waals surface area contributed by atoms with Gasteiger partial charge in [-0.3, -0.25) is 4.79 Å². The van der Waals surface area contributed by atoms with E-state index in [0.717, 1.165) is 16.2 Å². The van der Waals surface area contributed by atoms with Crippen LogP contribution in [0.25, 0.3) is 10.2 Å². The highest BCUT2D eigenvalue weighted by molar-refractivity contribution is 7.20. The van der Waals surface area contributed by atoms with Gasteiger partial charge in [-0.25, -0.2) is 14.8 Å². The summed E-state index contributed by atoms with van der Waals surface area (Å²) in [5, 5.41) is 3.53. The number of carbonyl (C=O) groups excluding carboxylic acids is 2. The van der Waals surface area contributed by atoms with E-state index in [-0.39, 0.29) is 19.6 Å². The molecule has 0 spiro atoms. The van der Waals surface area contributed by atoms with Gasteiger partial charge in [-0.05, 0) is 32.8 Å². The van der Waals surface area contributed by atoms with Crippen molar-refractivity contribution in [2.45, 2.75) is 39.4 Å². The number of nitrogens with one attached hydrogen (secondary N) is 1. The van der Waals surface area contributed by atoms with Crippen LogP contribution in [0.1, 0.15) is 34.4 Å². The Morgan fingerprint density at radius 1 is 1.36 bits per heavy atom. The zero-order valence-corrected chi connectivity index (χ0v) is 16.3. The van der Waals surface area contributed by atoms with Crippen molar-refractivity contribution in [1.82, 2.24) is 14.9 Å². The summed E-state index contributed by atoms with van der Waals surface area (Å²) in [6.45, 7) is 4.06. The minimum atomic E-state index is -4.44. The number of amides is 1. The number of carbonyl (C=O) groups is 2. The molecule has 0 aliphatic carbocycles. The average Bonchev–Trinajstić information content (AvgIpc) is 3.08. The number of aryl methyl sites for hydroxylation is 2. The van der Waals surface area contributed by atoms with Crippen molar-refractivity contribution < 1.29 is 27.5 Å². The Kier molecular flexibility index (Phi) is 5.46. The lowest BCUT2D eigenvalue weighted by Crippen LogP contribution is -2.39. The van der Waals surface area contributed by atoms with Gasteiger partial charge in [0.05, 0.1) is 12.0 Å². The van der Waals surface area contributed by atoms with Crippen molar-refractivity contribution in [2.24, 2.45) is 0 Å². The highest BCUT2D eigenvalue weighted by Gasteiger charge is 2.39. The van der Waals surface area contributed by atoms with Gasteiger partial charge in [0, 0.05) is 6.54 Å². The molecule has 0 aromatic carbocycles. The number of nitrogens with zero attached hydrogens (tertiary/aromatic N) is 3. The molecule has 1 amide bonds. The van der Waals surface area contributed by atoms with Crippen LogP contribution in [-0.2, 0) is 9.53 Å². The van der Waals surface area contributed by atoms with Gasteiger partial charge < -0.3 is 15.0 Å². The molecule has 3 rings (SSSR count). The number of alkyl halides is 3. The largest absolute Gasteiger partial charge is 0.462 e. The van der Waals surface area contributed by atoms with E-state index in [9.17, 15) is 22.8 Å². The van der Waals surface area contributed by atoms with E-state index in [1.54, 1.807) is 20.8 Å². The molecule has 1 fully saturated rings. The molecule has 1 aliphatic heterocycles. The third kappa shape index (κ3) is 4.03. The van der Waals surface area contributed by atoms with Gasteiger partial charge in [0.2, 0.25) is 5.91 Å². The summed E-state index contributed by atoms with van der Waals surface area (Å²) >= 11 is 1.16. The Labute approximate surface area is 162 Å². The average molecular weight is 416 g/mol. The van der Waals surface area contributed by atoms with Gasteiger partial charge in [-0.2, -0.15) is 13.2 Å². The molecular formula is C17H19F3N4O3S. The van der Waals surface area contributed by atoms with Gasteiger partial charge in [0.15, 0.2) is 0 Å². The topological polar surface area (TPSA) is 84.4 Å². The number of halogens is 3. The van der Waals surface area contributed by atoms with Crippen LogP contribution in [0.3, 0.4) is 0 Å². The predicted octanol–water partition coefficient (Wildman–Crippen LogP) is 3.06. The SMILES string of the molecule is CCOC(=O)c1sc2nc(C)nc(NC3CCN(CC(F)(F)F)C3=O)c2c1C. The lowest BCUT2D eigenvalue weighted by Gasteiger charge is -2.19. The Balaban J connectivity index is 1.91. The molecular weight excluding hydrogens is 397 g/mol. The molecule has 2 aromatic rings. The first kappa shape index (κ1) is 20.3. The summed E-state index contributed by atoms with van der Waals surface area (Å²) in [5.41, 5.74) is 0.610. The fourth-order valence-corrected chi connectivity index (χ4v) is 4.27. The standard InChI is InChI=1S/C17H19F3N4O3S/c1-4-27-16(26)12-8(2)11-13(21-9(3)22-14(11)28-12)23-10-5-6-24(15(10)25)7-17(18,19)20/h10H,4-7H2,1-3H3,(H,21,22,23). The van der Waals surface area contributed by atoms with Crippen molar-refractivity contribution in [3.8, 4) is 0 Å². The third-order valence-electron chi connectivity index (χ3n) is 4.34. The summed E-state index contributed by atoms with van der Waals surface area (Å²) in [4.78, 5) is 34.9. The fourth-order valence-electron chi connectivity index (χ4n) is 3.15. The van der Waals surface area contributed by atoms with Crippen LogP contribution in [0.2, 0.25) is 0 Å². The molecule has 3 heterocycles. The monoisotopic (exact) mass is 416 g/mol. The number of anilines is 1. The smallest absolute Gasteiger partial charge is 0.406 e. The van der Waals surface area contributed by atoms with E-state index in [4.69, 9.17) is 4.74 Å². The first-order chi connectivity index (χ1) is 13.1. The maximum atomic E-state index is 12.6. The van der Waals surface area contributed by atoms with Crippen LogP contribution in [0.4, 0.5) is 19.0 Å². The Morgan fingerprint density at radius 2 is 2.07 bits per heavy atom. The molecule has 1 saturated heterocycles. The normalized spacial score (nSPS) is 17.4. The highest BCUT2D eigenvalue weighted by atomic mass is 32.1. The Morgan fingerprint density at radius 3 is 2.71 bits per heavy atom. The summed E-state index contributed by atoms with van der Waals surface area (Å²) < 4.78 is 42.9. The Bertz CT molecular complexity index is 928. The molecule has 7 nitrogen and oxygen atoms in total. The number of aromatic nitrogens is 2. The minimum Gasteiger partial charge on any atom is -0.462 e. The zero-order chi connectivity index (χ0) is 20.6. The van der Waals surface area contributed by atoms with Crippen molar-refractivity contribution in [3.63, 3.8) is 0 Å². The molecule has 2 aromatic heterocycles. The maximum Gasteiger partial charge on any atom is 0.406 e. The van der Waals surface area contributed by atoms with Crippen LogP contribution < -0.4 is 5.32 Å². The van der Waals surface area contributed by atoms with Crippen molar-refractivity contribution in [1.29, 1.82) is 0 Å². The number of likely N-dealkylation sites (tertiary alicyclic amines) is 1. The molecule has 152 valence electrons. The van der Waals surface area contributed by atoms with E-state index in [1.165, 1.54) is 0 Å².